The fourth-order valence-corrected chi connectivity index (χ4v) is 1.25. The van der Waals surface area contributed by atoms with Gasteiger partial charge in [-0.3, -0.25) is 9.59 Å². The molecule has 0 fully saturated rings. The minimum absolute atomic E-state index is 0.0203. The highest BCUT2D eigenvalue weighted by atomic mass is 16.6. The van der Waals surface area contributed by atoms with E-state index in [1.165, 1.54) is 39.2 Å². The number of hydrogen-bond acceptors (Lipinski definition) is 6. The molecule has 0 unspecified atom stereocenters. The van der Waals surface area contributed by atoms with Crippen molar-refractivity contribution >= 4 is 17.9 Å². The van der Waals surface area contributed by atoms with Crippen LogP contribution in [0.25, 0.3) is 0 Å². The Hall–Kier alpha value is -2.37. The zero-order valence-electron chi connectivity index (χ0n) is 10.2. The fourth-order valence-electron chi connectivity index (χ4n) is 1.25. The van der Waals surface area contributed by atoms with Crippen molar-refractivity contribution in [2.75, 3.05) is 7.11 Å². The first-order valence-electron chi connectivity index (χ1n) is 5.03. The molecule has 6 heteroatoms. The molecule has 18 heavy (non-hydrogen) atoms. The molecule has 0 aliphatic rings. The number of esters is 3. The zero-order chi connectivity index (χ0) is 13.7. The third-order valence-electron chi connectivity index (χ3n) is 1.87. The van der Waals surface area contributed by atoms with Crippen LogP contribution < -0.4 is 9.47 Å². The molecule has 1 aromatic carbocycles. The molecule has 6 nitrogen and oxygen atoms in total. The van der Waals surface area contributed by atoms with Gasteiger partial charge in [-0.15, -0.1) is 0 Å². The van der Waals surface area contributed by atoms with E-state index in [4.69, 9.17) is 9.47 Å². The first-order chi connectivity index (χ1) is 8.43. The molecule has 96 valence electrons. The number of carbonyl (C=O) groups excluding carboxylic acids is 3. The quantitative estimate of drug-likeness (QED) is 0.596. The Balaban J connectivity index is 3.15. The topological polar surface area (TPSA) is 78.9 Å². The lowest BCUT2D eigenvalue weighted by Gasteiger charge is -2.09. The van der Waals surface area contributed by atoms with Gasteiger partial charge >= 0.3 is 17.9 Å². The number of hydrogen-bond donors (Lipinski definition) is 0. The van der Waals surface area contributed by atoms with Crippen molar-refractivity contribution in [1.82, 2.24) is 0 Å². The molecule has 0 aliphatic carbocycles. The highest BCUT2D eigenvalue weighted by Gasteiger charge is 2.16. The van der Waals surface area contributed by atoms with Crippen molar-refractivity contribution in [2.45, 2.75) is 13.8 Å². The summed E-state index contributed by atoms with van der Waals surface area (Å²) in [6, 6.07) is 4.03. The average molecular weight is 252 g/mol. The van der Waals surface area contributed by atoms with Crippen LogP contribution in [0, 0.1) is 0 Å². The van der Waals surface area contributed by atoms with Gasteiger partial charge in [0, 0.05) is 19.9 Å². The Bertz CT molecular complexity index is 491. The van der Waals surface area contributed by atoms with Crippen LogP contribution in [-0.2, 0) is 14.3 Å². The van der Waals surface area contributed by atoms with Crippen molar-refractivity contribution in [1.29, 1.82) is 0 Å². The van der Waals surface area contributed by atoms with E-state index in [9.17, 15) is 14.4 Å². The molecule has 0 atom stereocenters. The predicted molar refractivity (Wildman–Crippen MR) is 60.4 cm³/mol. The first-order valence-corrected chi connectivity index (χ1v) is 5.03. The van der Waals surface area contributed by atoms with E-state index in [-0.39, 0.29) is 17.1 Å². The van der Waals surface area contributed by atoms with Gasteiger partial charge in [-0.05, 0) is 12.1 Å². The number of methoxy groups -OCH3 is 1. The number of rotatable bonds is 3. The highest BCUT2D eigenvalue weighted by Crippen LogP contribution is 2.26. The Labute approximate surface area is 103 Å². The molecular formula is C12H12O6. The highest BCUT2D eigenvalue weighted by molar-refractivity contribution is 5.93. The van der Waals surface area contributed by atoms with Gasteiger partial charge in [-0.2, -0.15) is 0 Å². The lowest BCUT2D eigenvalue weighted by atomic mass is 10.2. The molecule has 0 bridgehead atoms. The van der Waals surface area contributed by atoms with Gasteiger partial charge in [0.05, 0.1) is 7.11 Å². The van der Waals surface area contributed by atoms with Crippen LogP contribution in [0.2, 0.25) is 0 Å². The minimum atomic E-state index is -0.652. The van der Waals surface area contributed by atoms with Crippen molar-refractivity contribution < 1.29 is 28.6 Å². The van der Waals surface area contributed by atoms with Crippen LogP contribution in [0.5, 0.6) is 11.5 Å². The van der Waals surface area contributed by atoms with Crippen molar-refractivity contribution in [3.63, 3.8) is 0 Å². The molecule has 0 saturated carbocycles. The van der Waals surface area contributed by atoms with Gasteiger partial charge in [-0.1, -0.05) is 0 Å². The molecule has 0 aromatic heterocycles. The molecule has 0 spiro atoms. The Morgan fingerprint density at radius 2 is 1.61 bits per heavy atom. The van der Waals surface area contributed by atoms with Gasteiger partial charge < -0.3 is 14.2 Å². The zero-order valence-corrected chi connectivity index (χ0v) is 10.2. The summed E-state index contributed by atoms with van der Waals surface area (Å²) >= 11 is 0. The van der Waals surface area contributed by atoms with Gasteiger partial charge in [-0.25, -0.2) is 4.79 Å². The molecule has 0 amide bonds. The van der Waals surface area contributed by atoms with Crippen LogP contribution in [0.3, 0.4) is 0 Å². The fraction of sp³-hybridized carbons (Fsp3) is 0.250. The molecule has 0 radical (unpaired) electrons. The standard InChI is InChI=1S/C12H12O6/c1-7(13)17-9-4-5-10(12(15)16-3)11(6-9)18-8(2)14/h4-6H,1-3H3. The summed E-state index contributed by atoms with van der Waals surface area (Å²) in [5.41, 5.74) is 0.0728. The van der Waals surface area contributed by atoms with Crippen LogP contribution in [0.4, 0.5) is 0 Å². The Morgan fingerprint density at radius 3 is 2.11 bits per heavy atom. The van der Waals surface area contributed by atoms with Gasteiger partial charge in [0.15, 0.2) is 0 Å². The maximum atomic E-state index is 11.4. The maximum Gasteiger partial charge on any atom is 0.341 e. The summed E-state index contributed by atoms with van der Waals surface area (Å²) in [6.45, 7) is 2.43. The largest absolute Gasteiger partial charge is 0.465 e. The lowest BCUT2D eigenvalue weighted by molar-refractivity contribution is -0.132. The lowest BCUT2D eigenvalue weighted by Crippen LogP contribution is -2.10. The predicted octanol–water partition coefficient (Wildman–Crippen LogP) is 1.32. The molecule has 0 heterocycles. The molecule has 1 rings (SSSR count). The number of ether oxygens (including phenoxy) is 3. The SMILES string of the molecule is COC(=O)c1ccc(OC(C)=O)cc1OC(C)=O. The summed E-state index contributed by atoms with van der Waals surface area (Å²) in [7, 11) is 1.21. The molecular weight excluding hydrogens is 240 g/mol. The van der Waals surface area contributed by atoms with E-state index in [1.807, 2.05) is 0 Å². The Kier molecular flexibility index (Phi) is 4.42. The van der Waals surface area contributed by atoms with E-state index >= 15 is 0 Å². The third-order valence-corrected chi connectivity index (χ3v) is 1.87. The summed E-state index contributed by atoms with van der Waals surface area (Å²) in [4.78, 5) is 33.2. The van der Waals surface area contributed by atoms with E-state index < -0.39 is 17.9 Å². The van der Waals surface area contributed by atoms with E-state index in [1.54, 1.807) is 0 Å². The third kappa shape index (κ3) is 3.58. The summed E-state index contributed by atoms with van der Waals surface area (Å²) < 4.78 is 14.2. The second-order valence-corrected chi connectivity index (χ2v) is 3.34. The molecule has 0 saturated heterocycles. The normalized spacial score (nSPS) is 9.50. The Morgan fingerprint density at radius 1 is 1.00 bits per heavy atom. The summed E-state index contributed by atoms with van der Waals surface area (Å²) in [5.74, 6) is -1.62. The smallest absolute Gasteiger partial charge is 0.341 e. The molecule has 0 N–H and O–H groups in total. The molecule has 1 aromatic rings. The van der Waals surface area contributed by atoms with Gasteiger partial charge in [0.1, 0.15) is 17.1 Å². The van der Waals surface area contributed by atoms with E-state index in [2.05, 4.69) is 4.74 Å². The van der Waals surface area contributed by atoms with Gasteiger partial charge in [0.2, 0.25) is 0 Å². The van der Waals surface area contributed by atoms with Crippen LogP contribution >= 0.6 is 0 Å². The second kappa shape index (κ2) is 5.81. The van der Waals surface area contributed by atoms with E-state index in [0.717, 1.165) is 0 Å². The first kappa shape index (κ1) is 13.7. The van der Waals surface area contributed by atoms with Crippen LogP contribution in [0.1, 0.15) is 24.2 Å². The number of benzene rings is 1. The van der Waals surface area contributed by atoms with Crippen molar-refractivity contribution in [2.24, 2.45) is 0 Å². The second-order valence-electron chi connectivity index (χ2n) is 3.34. The maximum absolute atomic E-state index is 11.4. The molecule has 0 aliphatic heterocycles. The monoisotopic (exact) mass is 252 g/mol. The number of carbonyl (C=O) groups is 3. The van der Waals surface area contributed by atoms with Crippen molar-refractivity contribution in [3.8, 4) is 11.5 Å². The van der Waals surface area contributed by atoms with Gasteiger partial charge in [0.25, 0.3) is 0 Å². The minimum Gasteiger partial charge on any atom is -0.465 e. The van der Waals surface area contributed by atoms with Crippen molar-refractivity contribution in [3.05, 3.63) is 23.8 Å². The summed E-state index contributed by atoms with van der Waals surface area (Å²) in [5, 5.41) is 0. The van der Waals surface area contributed by atoms with Crippen LogP contribution in [0.15, 0.2) is 18.2 Å². The van der Waals surface area contributed by atoms with E-state index in [0.29, 0.717) is 0 Å². The average Bonchev–Trinajstić information content (AvgIpc) is 2.26. The summed E-state index contributed by atoms with van der Waals surface area (Å²) in [6.07, 6.45) is 0. The van der Waals surface area contributed by atoms with Crippen LogP contribution in [-0.4, -0.2) is 25.0 Å².